The number of rotatable bonds is 5. The topological polar surface area (TPSA) is 40.9 Å². The standard InChI is InChI=1S/C12H19NO/c1-4-5-6-11(2,3)10(14)12(9-13)7-8-12/h4-8H2,1-3H3. The van der Waals surface area contributed by atoms with Gasteiger partial charge in [0.15, 0.2) is 5.78 Å². The van der Waals surface area contributed by atoms with E-state index in [2.05, 4.69) is 13.0 Å². The highest BCUT2D eigenvalue weighted by Gasteiger charge is 2.54. The lowest BCUT2D eigenvalue weighted by atomic mass is 9.76. The molecule has 1 rings (SSSR count). The summed E-state index contributed by atoms with van der Waals surface area (Å²) in [5.74, 6) is 0.168. The Morgan fingerprint density at radius 2 is 2.07 bits per heavy atom. The number of unbranched alkanes of at least 4 members (excludes halogenated alkanes) is 1. The lowest BCUT2D eigenvalue weighted by Gasteiger charge is -2.25. The van der Waals surface area contributed by atoms with E-state index in [9.17, 15) is 4.79 Å². The van der Waals surface area contributed by atoms with Crippen LogP contribution in [0, 0.1) is 22.2 Å². The van der Waals surface area contributed by atoms with Crippen molar-refractivity contribution < 1.29 is 4.79 Å². The van der Waals surface area contributed by atoms with Crippen LogP contribution in [0.15, 0.2) is 0 Å². The molecule has 0 aromatic heterocycles. The average Bonchev–Trinajstić information content (AvgIpc) is 2.94. The van der Waals surface area contributed by atoms with E-state index >= 15 is 0 Å². The predicted octanol–water partition coefficient (Wildman–Crippen LogP) is 3.08. The van der Waals surface area contributed by atoms with Gasteiger partial charge >= 0.3 is 0 Å². The van der Waals surface area contributed by atoms with Crippen LogP contribution in [0.5, 0.6) is 0 Å². The number of hydrogen-bond donors (Lipinski definition) is 0. The smallest absolute Gasteiger partial charge is 0.158 e. The van der Waals surface area contributed by atoms with Crippen LogP contribution in [0.4, 0.5) is 0 Å². The largest absolute Gasteiger partial charge is 0.297 e. The van der Waals surface area contributed by atoms with Crippen molar-refractivity contribution in [3.8, 4) is 6.07 Å². The molecule has 1 fully saturated rings. The van der Waals surface area contributed by atoms with E-state index in [1.165, 1.54) is 0 Å². The van der Waals surface area contributed by atoms with Crippen LogP contribution < -0.4 is 0 Å². The summed E-state index contributed by atoms with van der Waals surface area (Å²) in [7, 11) is 0. The Bertz CT molecular complexity index is 269. The molecule has 1 aliphatic carbocycles. The molecule has 14 heavy (non-hydrogen) atoms. The minimum Gasteiger partial charge on any atom is -0.297 e. The van der Waals surface area contributed by atoms with Gasteiger partial charge in [-0.1, -0.05) is 33.6 Å². The summed E-state index contributed by atoms with van der Waals surface area (Å²) >= 11 is 0. The van der Waals surface area contributed by atoms with Gasteiger partial charge in [0.05, 0.1) is 6.07 Å². The number of ketones is 1. The van der Waals surface area contributed by atoms with Crippen molar-refractivity contribution in [2.24, 2.45) is 10.8 Å². The maximum Gasteiger partial charge on any atom is 0.158 e. The minimum atomic E-state index is -0.600. The lowest BCUT2D eigenvalue weighted by Crippen LogP contribution is -2.31. The summed E-state index contributed by atoms with van der Waals surface area (Å²) in [6.07, 6.45) is 4.64. The Labute approximate surface area is 86.3 Å². The minimum absolute atomic E-state index is 0.168. The first-order valence-electron chi connectivity index (χ1n) is 5.45. The Morgan fingerprint density at radius 3 is 2.43 bits per heavy atom. The van der Waals surface area contributed by atoms with Crippen molar-refractivity contribution in [3.63, 3.8) is 0 Å². The molecule has 0 amide bonds. The van der Waals surface area contributed by atoms with E-state index in [4.69, 9.17) is 5.26 Å². The average molecular weight is 193 g/mol. The lowest BCUT2D eigenvalue weighted by molar-refractivity contribution is -0.131. The van der Waals surface area contributed by atoms with Gasteiger partial charge in [-0.25, -0.2) is 0 Å². The maximum absolute atomic E-state index is 12.1. The van der Waals surface area contributed by atoms with E-state index in [-0.39, 0.29) is 11.2 Å². The van der Waals surface area contributed by atoms with Crippen LogP contribution in [0.1, 0.15) is 52.9 Å². The second kappa shape index (κ2) is 3.73. The molecule has 0 spiro atoms. The molecule has 1 saturated carbocycles. The first kappa shape index (κ1) is 11.2. The summed E-state index contributed by atoms with van der Waals surface area (Å²) in [5.41, 5.74) is -0.903. The van der Waals surface area contributed by atoms with Crippen LogP contribution in [0.2, 0.25) is 0 Å². The third kappa shape index (κ3) is 1.97. The fourth-order valence-corrected chi connectivity index (χ4v) is 1.89. The molecule has 0 saturated heterocycles. The van der Waals surface area contributed by atoms with Gasteiger partial charge < -0.3 is 0 Å². The Balaban J connectivity index is 2.64. The first-order chi connectivity index (χ1) is 6.48. The summed E-state index contributed by atoms with van der Waals surface area (Å²) in [6, 6.07) is 2.19. The number of nitriles is 1. The first-order valence-corrected chi connectivity index (χ1v) is 5.45. The fourth-order valence-electron chi connectivity index (χ4n) is 1.89. The maximum atomic E-state index is 12.1. The molecule has 0 aromatic rings. The van der Waals surface area contributed by atoms with Crippen molar-refractivity contribution in [1.82, 2.24) is 0 Å². The van der Waals surface area contributed by atoms with Gasteiger partial charge in [-0.3, -0.25) is 4.79 Å². The number of carbonyl (C=O) groups is 1. The van der Waals surface area contributed by atoms with Gasteiger partial charge in [-0.05, 0) is 19.3 Å². The van der Waals surface area contributed by atoms with Gasteiger partial charge in [-0.2, -0.15) is 5.26 Å². The molecule has 2 heteroatoms. The molecule has 0 atom stereocenters. The molecular formula is C12H19NO. The van der Waals surface area contributed by atoms with Crippen molar-refractivity contribution in [3.05, 3.63) is 0 Å². The van der Waals surface area contributed by atoms with Gasteiger partial charge in [0.1, 0.15) is 5.41 Å². The van der Waals surface area contributed by atoms with Crippen molar-refractivity contribution in [1.29, 1.82) is 5.26 Å². The van der Waals surface area contributed by atoms with Crippen molar-refractivity contribution in [2.45, 2.75) is 52.9 Å². The van der Waals surface area contributed by atoms with Gasteiger partial charge in [-0.15, -0.1) is 0 Å². The highest BCUT2D eigenvalue weighted by atomic mass is 16.1. The molecular weight excluding hydrogens is 174 g/mol. The summed E-state index contributed by atoms with van der Waals surface area (Å²) < 4.78 is 0. The molecule has 0 unspecified atom stereocenters. The van der Waals surface area contributed by atoms with Crippen LogP contribution in [-0.4, -0.2) is 5.78 Å². The Kier molecular flexibility index (Phi) is 2.99. The van der Waals surface area contributed by atoms with Crippen LogP contribution in [0.3, 0.4) is 0 Å². The van der Waals surface area contributed by atoms with E-state index in [1.807, 2.05) is 13.8 Å². The normalized spacial score (nSPS) is 18.7. The third-order valence-corrected chi connectivity index (χ3v) is 3.17. The van der Waals surface area contributed by atoms with Gasteiger partial charge in [0.25, 0.3) is 0 Å². The van der Waals surface area contributed by atoms with Crippen LogP contribution >= 0.6 is 0 Å². The van der Waals surface area contributed by atoms with Crippen LogP contribution in [0.25, 0.3) is 0 Å². The van der Waals surface area contributed by atoms with Gasteiger partial charge in [0.2, 0.25) is 0 Å². The predicted molar refractivity (Wildman–Crippen MR) is 55.6 cm³/mol. The van der Waals surface area contributed by atoms with E-state index in [0.717, 1.165) is 32.1 Å². The molecule has 2 nitrogen and oxygen atoms in total. The molecule has 1 aliphatic rings. The monoisotopic (exact) mass is 193 g/mol. The highest BCUT2D eigenvalue weighted by molar-refractivity contribution is 5.94. The molecule has 0 aromatic carbocycles. The second-order valence-electron chi connectivity index (χ2n) is 5.01. The summed E-state index contributed by atoms with van der Waals surface area (Å²) in [6.45, 7) is 6.07. The molecule has 0 aliphatic heterocycles. The van der Waals surface area contributed by atoms with E-state index in [0.29, 0.717) is 0 Å². The summed E-state index contributed by atoms with van der Waals surface area (Å²) in [4.78, 5) is 12.1. The SMILES string of the molecule is CCCCC(C)(C)C(=O)C1(C#N)CC1. The fraction of sp³-hybridized carbons (Fsp3) is 0.833. The number of nitrogens with zero attached hydrogens (tertiary/aromatic N) is 1. The molecule has 0 heterocycles. The quantitative estimate of drug-likeness (QED) is 0.673. The van der Waals surface area contributed by atoms with Crippen molar-refractivity contribution >= 4 is 5.78 Å². The van der Waals surface area contributed by atoms with E-state index in [1.54, 1.807) is 0 Å². The summed E-state index contributed by atoms with van der Waals surface area (Å²) in [5, 5.41) is 8.94. The Morgan fingerprint density at radius 1 is 1.50 bits per heavy atom. The Hall–Kier alpha value is -0.840. The highest BCUT2D eigenvalue weighted by Crippen LogP contribution is 2.50. The third-order valence-electron chi connectivity index (χ3n) is 3.17. The second-order valence-corrected chi connectivity index (χ2v) is 5.01. The molecule has 0 bridgehead atoms. The zero-order valence-corrected chi connectivity index (χ0v) is 9.39. The zero-order valence-electron chi connectivity index (χ0n) is 9.39. The molecule has 78 valence electrons. The van der Waals surface area contributed by atoms with Crippen molar-refractivity contribution in [2.75, 3.05) is 0 Å². The molecule has 0 N–H and O–H groups in total. The zero-order chi connectivity index (χ0) is 10.8. The molecule has 0 radical (unpaired) electrons. The number of carbonyl (C=O) groups excluding carboxylic acids is 1. The number of hydrogen-bond acceptors (Lipinski definition) is 2. The van der Waals surface area contributed by atoms with Crippen LogP contribution in [-0.2, 0) is 4.79 Å². The number of Topliss-reactive ketones (excluding diaryl/α,β-unsaturated/α-hetero) is 1. The van der Waals surface area contributed by atoms with E-state index < -0.39 is 5.41 Å². The van der Waals surface area contributed by atoms with Gasteiger partial charge in [0, 0.05) is 5.41 Å².